The lowest BCUT2D eigenvalue weighted by Gasteiger charge is -2.28. The zero-order valence-electron chi connectivity index (χ0n) is 12.8. The number of fused-ring (bicyclic) bond motifs is 1. The van der Waals surface area contributed by atoms with Gasteiger partial charge in [0.25, 0.3) is 0 Å². The van der Waals surface area contributed by atoms with Crippen LogP contribution in [-0.4, -0.2) is 47.9 Å². The van der Waals surface area contributed by atoms with E-state index in [1.807, 2.05) is 23.9 Å². The Morgan fingerprint density at radius 2 is 2.00 bits per heavy atom. The number of hydrogen-bond acceptors (Lipinski definition) is 4. The molecule has 1 aromatic heterocycles. The van der Waals surface area contributed by atoms with E-state index in [4.69, 9.17) is 9.84 Å². The van der Waals surface area contributed by atoms with Gasteiger partial charge in [0.2, 0.25) is 0 Å². The summed E-state index contributed by atoms with van der Waals surface area (Å²) in [5.41, 5.74) is 2.77. The second-order valence-corrected chi connectivity index (χ2v) is 5.81. The summed E-state index contributed by atoms with van der Waals surface area (Å²) >= 11 is 0. The Morgan fingerprint density at radius 3 is 2.67 bits per heavy atom. The number of carbonyl (C=O) groups excluding carboxylic acids is 1. The molecular weight excluding hydrogens is 266 g/mol. The topological polar surface area (TPSA) is 47.4 Å². The number of methoxy groups -OCH3 is 1. The summed E-state index contributed by atoms with van der Waals surface area (Å²) in [6.45, 7) is 2.19. The number of nitrogens with zero attached hydrogens (tertiary/aromatic N) is 3. The summed E-state index contributed by atoms with van der Waals surface area (Å²) in [5.74, 6) is 0.174. The summed E-state index contributed by atoms with van der Waals surface area (Å²) in [6.07, 6.45) is 2.23. The minimum atomic E-state index is -0.296. The number of aromatic nitrogens is 2. The fourth-order valence-electron chi connectivity index (χ4n) is 3.12. The van der Waals surface area contributed by atoms with Crippen LogP contribution in [0.4, 0.5) is 0 Å². The van der Waals surface area contributed by atoms with Gasteiger partial charge in [0.15, 0.2) is 0 Å². The quantitative estimate of drug-likeness (QED) is 0.794. The Morgan fingerprint density at radius 1 is 1.29 bits per heavy atom. The van der Waals surface area contributed by atoms with Gasteiger partial charge in [-0.05, 0) is 51.2 Å². The highest BCUT2D eigenvalue weighted by atomic mass is 16.5. The normalized spacial score (nSPS) is 17.3. The minimum Gasteiger partial charge on any atom is -0.465 e. The third-order valence-corrected chi connectivity index (χ3v) is 4.41. The first kappa shape index (κ1) is 14.1. The van der Waals surface area contributed by atoms with Crippen molar-refractivity contribution in [3.05, 3.63) is 29.5 Å². The van der Waals surface area contributed by atoms with Crippen molar-refractivity contribution in [2.75, 3.05) is 27.2 Å². The molecule has 1 fully saturated rings. The molecule has 21 heavy (non-hydrogen) atoms. The first-order valence-electron chi connectivity index (χ1n) is 7.33. The number of likely N-dealkylation sites (tertiary alicyclic amines) is 1. The fourth-order valence-corrected chi connectivity index (χ4v) is 3.12. The lowest BCUT2D eigenvalue weighted by Crippen LogP contribution is -2.29. The fraction of sp³-hybridized carbons (Fsp3) is 0.500. The number of piperidine rings is 1. The Labute approximate surface area is 124 Å². The number of hydrogen-bond donors (Lipinski definition) is 0. The highest BCUT2D eigenvalue weighted by Crippen LogP contribution is 2.32. The highest BCUT2D eigenvalue weighted by Gasteiger charge is 2.24. The Kier molecular flexibility index (Phi) is 3.68. The number of carbonyl (C=O) groups is 1. The molecule has 1 aliphatic heterocycles. The molecule has 5 heteroatoms. The van der Waals surface area contributed by atoms with Crippen LogP contribution in [0.1, 0.15) is 34.8 Å². The third kappa shape index (κ3) is 2.53. The number of ether oxygens (including phenoxy) is 1. The molecule has 0 unspecified atom stereocenters. The summed E-state index contributed by atoms with van der Waals surface area (Å²) in [6, 6.07) is 5.67. The van der Waals surface area contributed by atoms with Gasteiger partial charge in [0, 0.05) is 18.4 Å². The van der Waals surface area contributed by atoms with E-state index >= 15 is 0 Å². The van der Waals surface area contributed by atoms with E-state index in [2.05, 4.69) is 11.9 Å². The van der Waals surface area contributed by atoms with E-state index in [-0.39, 0.29) is 5.97 Å². The van der Waals surface area contributed by atoms with Crippen molar-refractivity contribution in [3.63, 3.8) is 0 Å². The Hall–Kier alpha value is -1.88. The van der Waals surface area contributed by atoms with Crippen molar-refractivity contribution in [2.24, 2.45) is 7.05 Å². The van der Waals surface area contributed by atoms with Gasteiger partial charge in [-0.25, -0.2) is 4.79 Å². The molecule has 3 rings (SSSR count). The van der Waals surface area contributed by atoms with Crippen molar-refractivity contribution in [2.45, 2.75) is 18.8 Å². The maximum atomic E-state index is 11.7. The van der Waals surface area contributed by atoms with E-state index in [0.29, 0.717) is 11.5 Å². The average molecular weight is 287 g/mol. The SMILES string of the molecule is COC(=O)c1ccc2c(c1)c(C1CCN(C)CC1)nn2C. The molecule has 0 spiro atoms. The Bertz CT molecular complexity index is 669. The van der Waals surface area contributed by atoms with Crippen LogP contribution in [0.5, 0.6) is 0 Å². The monoisotopic (exact) mass is 287 g/mol. The molecule has 2 heterocycles. The summed E-state index contributed by atoms with van der Waals surface area (Å²) in [4.78, 5) is 14.1. The van der Waals surface area contributed by atoms with Crippen LogP contribution in [0.25, 0.3) is 10.9 Å². The summed E-state index contributed by atoms with van der Waals surface area (Å²) in [5, 5.41) is 5.79. The van der Waals surface area contributed by atoms with Crippen molar-refractivity contribution in [1.82, 2.24) is 14.7 Å². The maximum Gasteiger partial charge on any atom is 0.337 e. The number of rotatable bonds is 2. The molecule has 0 atom stereocenters. The van der Waals surface area contributed by atoms with E-state index in [0.717, 1.165) is 42.5 Å². The molecule has 0 radical (unpaired) electrons. The summed E-state index contributed by atoms with van der Waals surface area (Å²) < 4.78 is 6.73. The minimum absolute atomic E-state index is 0.296. The van der Waals surface area contributed by atoms with Crippen molar-refractivity contribution >= 4 is 16.9 Å². The van der Waals surface area contributed by atoms with Crippen LogP contribution in [0.2, 0.25) is 0 Å². The van der Waals surface area contributed by atoms with E-state index < -0.39 is 0 Å². The van der Waals surface area contributed by atoms with E-state index in [1.165, 1.54) is 7.11 Å². The van der Waals surface area contributed by atoms with E-state index in [1.54, 1.807) is 6.07 Å². The smallest absolute Gasteiger partial charge is 0.337 e. The molecule has 1 saturated heterocycles. The standard InChI is InChI=1S/C16H21N3O2/c1-18-8-6-11(7-9-18)15-13-10-12(16(20)21-3)4-5-14(13)19(2)17-15/h4-5,10-11H,6-9H2,1-3H3. The van der Waals surface area contributed by atoms with Crippen molar-refractivity contribution in [1.29, 1.82) is 0 Å². The zero-order chi connectivity index (χ0) is 15.0. The molecule has 1 aliphatic rings. The average Bonchev–Trinajstić information content (AvgIpc) is 2.84. The molecule has 0 amide bonds. The lowest BCUT2D eigenvalue weighted by atomic mass is 9.91. The van der Waals surface area contributed by atoms with Crippen molar-refractivity contribution < 1.29 is 9.53 Å². The van der Waals surface area contributed by atoms with Crippen LogP contribution in [0, 0.1) is 0 Å². The molecule has 5 nitrogen and oxygen atoms in total. The Balaban J connectivity index is 2.03. The first-order valence-corrected chi connectivity index (χ1v) is 7.33. The predicted octanol–water partition coefficient (Wildman–Crippen LogP) is 2.17. The number of aryl methyl sites for hydroxylation is 1. The third-order valence-electron chi connectivity index (χ3n) is 4.41. The molecule has 0 bridgehead atoms. The van der Waals surface area contributed by atoms with Gasteiger partial charge in [-0.15, -0.1) is 0 Å². The van der Waals surface area contributed by atoms with Crippen LogP contribution in [0.3, 0.4) is 0 Å². The maximum absolute atomic E-state index is 11.7. The second-order valence-electron chi connectivity index (χ2n) is 5.81. The van der Waals surface area contributed by atoms with Gasteiger partial charge >= 0.3 is 5.97 Å². The van der Waals surface area contributed by atoms with Gasteiger partial charge in [0.05, 0.1) is 23.9 Å². The van der Waals surface area contributed by atoms with Gasteiger partial charge in [0.1, 0.15) is 0 Å². The second kappa shape index (κ2) is 5.48. The zero-order valence-corrected chi connectivity index (χ0v) is 12.8. The van der Waals surface area contributed by atoms with Gasteiger partial charge in [-0.1, -0.05) is 0 Å². The molecule has 0 N–H and O–H groups in total. The predicted molar refractivity (Wildman–Crippen MR) is 81.5 cm³/mol. The first-order chi connectivity index (χ1) is 10.1. The lowest BCUT2D eigenvalue weighted by molar-refractivity contribution is 0.0601. The van der Waals surface area contributed by atoms with Crippen LogP contribution < -0.4 is 0 Å². The highest BCUT2D eigenvalue weighted by molar-refractivity contribution is 5.95. The summed E-state index contributed by atoms with van der Waals surface area (Å²) in [7, 11) is 5.52. The molecule has 0 aliphatic carbocycles. The van der Waals surface area contributed by atoms with Gasteiger partial charge in [-0.2, -0.15) is 5.10 Å². The molecule has 2 aromatic rings. The van der Waals surface area contributed by atoms with E-state index in [9.17, 15) is 4.79 Å². The van der Waals surface area contributed by atoms with Gasteiger partial charge in [-0.3, -0.25) is 4.68 Å². The van der Waals surface area contributed by atoms with Crippen LogP contribution in [-0.2, 0) is 11.8 Å². The molecule has 0 saturated carbocycles. The number of benzene rings is 1. The largest absolute Gasteiger partial charge is 0.465 e. The van der Waals surface area contributed by atoms with Crippen molar-refractivity contribution in [3.8, 4) is 0 Å². The van der Waals surface area contributed by atoms with Crippen LogP contribution in [0.15, 0.2) is 18.2 Å². The molecule has 112 valence electrons. The number of esters is 1. The van der Waals surface area contributed by atoms with Crippen LogP contribution >= 0.6 is 0 Å². The molecular formula is C16H21N3O2. The molecule has 1 aromatic carbocycles. The van der Waals surface area contributed by atoms with Gasteiger partial charge < -0.3 is 9.64 Å².